The number of anilines is 2. The highest BCUT2D eigenvalue weighted by atomic mass is 16.5. The molecular formula is C15H17N3O2. The number of pyridine rings is 1. The lowest BCUT2D eigenvalue weighted by atomic mass is 10.2. The highest BCUT2D eigenvalue weighted by molar-refractivity contribution is 5.89. The van der Waals surface area contributed by atoms with Gasteiger partial charge in [0.15, 0.2) is 0 Å². The van der Waals surface area contributed by atoms with E-state index in [-0.39, 0.29) is 5.97 Å². The van der Waals surface area contributed by atoms with Crippen LogP contribution in [-0.2, 0) is 11.3 Å². The number of carbonyl (C=O) groups excluding carboxylic acids is 1. The number of aromatic nitrogens is 1. The zero-order chi connectivity index (χ0) is 14.4. The molecule has 104 valence electrons. The lowest BCUT2D eigenvalue weighted by molar-refractivity contribution is 0.0526. The fourth-order valence-corrected chi connectivity index (χ4v) is 1.73. The lowest BCUT2D eigenvalue weighted by Gasteiger charge is -2.07. The summed E-state index contributed by atoms with van der Waals surface area (Å²) in [6.07, 6.45) is 1.50. The molecule has 0 amide bonds. The van der Waals surface area contributed by atoms with Crippen LogP contribution in [0, 0.1) is 0 Å². The monoisotopic (exact) mass is 271 g/mol. The van der Waals surface area contributed by atoms with Crippen molar-refractivity contribution in [2.75, 3.05) is 17.7 Å². The molecule has 1 aromatic carbocycles. The Morgan fingerprint density at radius 2 is 2.20 bits per heavy atom. The first-order chi connectivity index (χ1) is 9.69. The van der Waals surface area contributed by atoms with Gasteiger partial charge in [-0.25, -0.2) is 9.78 Å². The number of nitrogen functional groups attached to an aromatic ring is 1. The summed E-state index contributed by atoms with van der Waals surface area (Å²) in [5.41, 5.74) is 7.96. The summed E-state index contributed by atoms with van der Waals surface area (Å²) >= 11 is 0. The molecule has 0 bridgehead atoms. The Morgan fingerprint density at radius 1 is 1.35 bits per heavy atom. The van der Waals surface area contributed by atoms with Crippen molar-refractivity contribution >= 4 is 17.5 Å². The summed E-state index contributed by atoms with van der Waals surface area (Å²) in [5.74, 6) is 0.336. The molecule has 0 aliphatic heterocycles. The maximum atomic E-state index is 11.5. The van der Waals surface area contributed by atoms with Gasteiger partial charge in [-0.05, 0) is 36.8 Å². The molecule has 0 atom stereocenters. The first-order valence-electron chi connectivity index (χ1n) is 6.40. The quantitative estimate of drug-likeness (QED) is 0.645. The van der Waals surface area contributed by atoms with Crippen molar-refractivity contribution < 1.29 is 9.53 Å². The molecular weight excluding hydrogens is 254 g/mol. The number of rotatable bonds is 5. The number of nitrogens with two attached hydrogens (primary N) is 1. The van der Waals surface area contributed by atoms with Crippen LogP contribution < -0.4 is 11.1 Å². The van der Waals surface area contributed by atoms with Gasteiger partial charge in [-0.3, -0.25) is 0 Å². The highest BCUT2D eigenvalue weighted by Crippen LogP contribution is 2.10. The molecule has 0 saturated carbocycles. The average molecular weight is 271 g/mol. The normalized spacial score (nSPS) is 10.1. The molecule has 0 spiro atoms. The number of carbonyl (C=O) groups is 1. The first-order valence-corrected chi connectivity index (χ1v) is 6.40. The van der Waals surface area contributed by atoms with E-state index in [9.17, 15) is 4.79 Å². The Hall–Kier alpha value is -2.56. The highest BCUT2D eigenvalue weighted by Gasteiger charge is 2.06. The third kappa shape index (κ3) is 3.71. The van der Waals surface area contributed by atoms with Crippen LogP contribution in [0.3, 0.4) is 0 Å². The van der Waals surface area contributed by atoms with Gasteiger partial charge in [0.05, 0.1) is 12.2 Å². The van der Waals surface area contributed by atoms with Crippen LogP contribution in [0.4, 0.5) is 11.5 Å². The minimum atomic E-state index is -0.359. The van der Waals surface area contributed by atoms with Gasteiger partial charge in [0, 0.05) is 18.4 Å². The Kier molecular flexibility index (Phi) is 4.55. The van der Waals surface area contributed by atoms with Crippen LogP contribution in [0.1, 0.15) is 22.8 Å². The van der Waals surface area contributed by atoms with Gasteiger partial charge in [-0.2, -0.15) is 0 Å². The SMILES string of the molecule is CCOC(=O)c1ccc(NCc2cccc(N)c2)nc1. The molecule has 5 nitrogen and oxygen atoms in total. The molecule has 2 aromatic rings. The molecule has 0 saturated heterocycles. The topological polar surface area (TPSA) is 77.2 Å². The smallest absolute Gasteiger partial charge is 0.339 e. The molecule has 0 aliphatic carbocycles. The summed E-state index contributed by atoms with van der Waals surface area (Å²) in [5, 5.41) is 3.17. The van der Waals surface area contributed by atoms with Crippen molar-refractivity contribution in [2.45, 2.75) is 13.5 Å². The van der Waals surface area contributed by atoms with Crippen LogP contribution in [0.5, 0.6) is 0 Å². The number of ether oxygens (including phenoxy) is 1. The van der Waals surface area contributed by atoms with Gasteiger partial charge in [0.2, 0.25) is 0 Å². The zero-order valence-corrected chi connectivity index (χ0v) is 11.3. The Morgan fingerprint density at radius 3 is 2.85 bits per heavy atom. The van der Waals surface area contributed by atoms with Gasteiger partial charge in [0.25, 0.3) is 0 Å². The maximum absolute atomic E-state index is 11.5. The van der Waals surface area contributed by atoms with E-state index in [2.05, 4.69) is 10.3 Å². The molecule has 2 rings (SSSR count). The van der Waals surface area contributed by atoms with Crippen LogP contribution >= 0.6 is 0 Å². The van der Waals surface area contributed by atoms with E-state index in [0.29, 0.717) is 24.5 Å². The average Bonchev–Trinajstić information content (AvgIpc) is 2.46. The van der Waals surface area contributed by atoms with E-state index in [1.54, 1.807) is 19.1 Å². The van der Waals surface area contributed by atoms with E-state index in [1.165, 1.54) is 6.20 Å². The predicted octanol–water partition coefficient (Wildman–Crippen LogP) is 2.45. The molecule has 3 N–H and O–H groups in total. The van der Waals surface area contributed by atoms with Gasteiger partial charge in [-0.1, -0.05) is 12.1 Å². The third-order valence-electron chi connectivity index (χ3n) is 2.70. The molecule has 1 aromatic heterocycles. The second kappa shape index (κ2) is 6.56. The lowest BCUT2D eigenvalue weighted by Crippen LogP contribution is -2.06. The Bertz CT molecular complexity index is 582. The number of benzene rings is 1. The molecule has 0 fully saturated rings. The Labute approximate surface area is 117 Å². The third-order valence-corrected chi connectivity index (χ3v) is 2.70. The maximum Gasteiger partial charge on any atom is 0.339 e. The zero-order valence-electron chi connectivity index (χ0n) is 11.3. The van der Waals surface area contributed by atoms with Crippen molar-refractivity contribution in [1.82, 2.24) is 4.98 Å². The van der Waals surface area contributed by atoms with E-state index in [1.807, 2.05) is 24.3 Å². The van der Waals surface area contributed by atoms with Gasteiger partial charge in [-0.15, -0.1) is 0 Å². The van der Waals surface area contributed by atoms with E-state index >= 15 is 0 Å². The van der Waals surface area contributed by atoms with Gasteiger partial charge >= 0.3 is 5.97 Å². The molecule has 20 heavy (non-hydrogen) atoms. The Balaban J connectivity index is 1.95. The molecule has 0 unspecified atom stereocenters. The number of hydrogen-bond donors (Lipinski definition) is 2. The first kappa shape index (κ1) is 13.9. The van der Waals surface area contributed by atoms with Crippen molar-refractivity contribution in [1.29, 1.82) is 0 Å². The fourth-order valence-electron chi connectivity index (χ4n) is 1.73. The van der Waals surface area contributed by atoms with E-state index in [0.717, 1.165) is 11.3 Å². The standard InChI is InChI=1S/C15H17N3O2/c1-2-20-15(19)12-6-7-14(18-10-12)17-9-11-4-3-5-13(16)8-11/h3-8,10H,2,9,16H2,1H3,(H,17,18). The molecule has 1 heterocycles. The minimum Gasteiger partial charge on any atom is -0.462 e. The van der Waals surface area contributed by atoms with Crippen LogP contribution in [0.2, 0.25) is 0 Å². The van der Waals surface area contributed by atoms with Gasteiger partial charge < -0.3 is 15.8 Å². The number of hydrogen-bond acceptors (Lipinski definition) is 5. The van der Waals surface area contributed by atoms with Crippen LogP contribution in [0.25, 0.3) is 0 Å². The minimum absolute atomic E-state index is 0.355. The van der Waals surface area contributed by atoms with E-state index < -0.39 is 0 Å². The number of nitrogens with one attached hydrogen (secondary N) is 1. The largest absolute Gasteiger partial charge is 0.462 e. The van der Waals surface area contributed by atoms with Crippen molar-refractivity contribution in [3.63, 3.8) is 0 Å². The fraction of sp³-hybridized carbons (Fsp3) is 0.200. The van der Waals surface area contributed by atoms with Crippen molar-refractivity contribution in [2.24, 2.45) is 0 Å². The van der Waals surface area contributed by atoms with Crippen LogP contribution in [-0.4, -0.2) is 17.6 Å². The van der Waals surface area contributed by atoms with Crippen molar-refractivity contribution in [3.8, 4) is 0 Å². The summed E-state index contributed by atoms with van der Waals surface area (Å²) < 4.78 is 4.90. The summed E-state index contributed by atoms with van der Waals surface area (Å²) in [7, 11) is 0. The van der Waals surface area contributed by atoms with Crippen LogP contribution in [0.15, 0.2) is 42.6 Å². The summed E-state index contributed by atoms with van der Waals surface area (Å²) in [4.78, 5) is 15.7. The predicted molar refractivity (Wildman–Crippen MR) is 78.4 cm³/mol. The van der Waals surface area contributed by atoms with Crippen molar-refractivity contribution in [3.05, 3.63) is 53.7 Å². The number of nitrogens with zero attached hydrogens (tertiary/aromatic N) is 1. The van der Waals surface area contributed by atoms with E-state index in [4.69, 9.17) is 10.5 Å². The second-order valence-electron chi connectivity index (χ2n) is 4.25. The number of esters is 1. The summed E-state index contributed by atoms with van der Waals surface area (Å²) in [6.45, 7) is 2.75. The molecule has 0 radical (unpaired) electrons. The second-order valence-corrected chi connectivity index (χ2v) is 4.25. The molecule has 0 aliphatic rings. The molecule has 5 heteroatoms. The summed E-state index contributed by atoms with van der Waals surface area (Å²) in [6, 6.07) is 11.1. The van der Waals surface area contributed by atoms with Gasteiger partial charge in [0.1, 0.15) is 5.82 Å².